The molecule has 3 atom stereocenters. The van der Waals surface area contributed by atoms with E-state index in [0.29, 0.717) is 11.5 Å². The van der Waals surface area contributed by atoms with Gasteiger partial charge in [0.25, 0.3) is 0 Å². The third-order valence-electron chi connectivity index (χ3n) is 5.55. The number of hydrogen-bond donors (Lipinski definition) is 4. The van der Waals surface area contributed by atoms with E-state index in [0.717, 1.165) is 25.7 Å². The molecule has 1 aliphatic carbocycles. The molecule has 1 fully saturated rings. The molecule has 1 aromatic heterocycles. The number of ether oxygens (including phenoxy) is 1. The van der Waals surface area contributed by atoms with Crippen LogP contribution in [0.1, 0.15) is 60.3 Å². The summed E-state index contributed by atoms with van der Waals surface area (Å²) in [5.41, 5.74) is 4.65. The van der Waals surface area contributed by atoms with Crippen molar-refractivity contribution < 1.29 is 28.9 Å². The predicted molar refractivity (Wildman–Crippen MR) is 123 cm³/mol. The fourth-order valence-electron chi connectivity index (χ4n) is 3.68. The molecule has 5 N–H and O–H groups in total. The highest BCUT2D eigenvalue weighted by molar-refractivity contribution is 5.96. The number of anilines is 1. The number of halogens is 3. The Bertz CT molecular complexity index is 858. The third kappa shape index (κ3) is 9.46. The van der Waals surface area contributed by atoms with Crippen LogP contribution >= 0.6 is 0 Å². The molecule has 1 aromatic rings. The van der Waals surface area contributed by atoms with Crippen molar-refractivity contribution in [2.45, 2.75) is 83.8 Å². The van der Waals surface area contributed by atoms with E-state index in [1.807, 2.05) is 0 Å². The van der Waals surface area contributed by atoms with Gasteiger partial charge in [-0.1, -0.05) is 19.8 Å². The van der Waals surface area contributed by atoms with Crippen LogP contribution < -0.4 is 21.7 Å². The molecular weight excluding hydrogens is 451 g/mol. The number of alkyl halides is 3. The highest BCUT2D eigenvalue weighted by Gasteiger charge is 2.36. The minimum atomic E-state index is -4.57. The maximum atomic E-state index is 13.2. The van der Waals surface area contributed by atoms with E-state index in [4.69, 9.17) is 11.8 Å². The van der Waals surface area contributed by atoms with E-state index in [2.05, 4.69) is 27.9 Å². The molecule has 0 bridgehead atoms. The smallest absolute Gasteiger partial charge is 0.408 e. The standard InChI is InChI=1S/C23H36F3N5O3/c1-14-5-7-16(8-6-14)19(31-21(33)34-22(2,3)4)20(32)30-18-11-15(9-10-29-18)12-28-13-17(27)23(24,25)26/h9-11,14,16-17,19,28H,5-8,12-13,27H2,1-4H3,(H,31,33)(H,29,30,32)/t14?,16?,17-,19-/m0/s1/i12D/t12?,14?,16?,17-,19-. The van der Waals surface area contributed by atoms with E-state index < -0.39 is 48.9 Å². The molecule has 2 rings (SSSR count). The molecule has 0 saturated heterocycles. The van der Waals surface area contributed by atoms with Crippen LogP contribution in [0.3, 0.4) is 0 Å². The van der Waals surface area contributed by atoms with Crippen LogP contribution in [0, 0.1) is 11.8 Å². The van der Waals surface area contributed by atoms with E-state index >= 15 is 0 Å². The van der Waals surface area contributed by atoms with Crippen molar-refractivity contribution in [1.29, 1.82) is 0 Å². The molecule has 34 heavy (non-hydrogen) atoms. The summed E-state index contributed by atoms with van der Waals surface area (Å²) >= 11 is 0. The number of amides is 2. The third-order valence-corrected chi connectivity index (χ3v) is 5.55. The van der Waals surface area contributed by atoms with Crippen molar-refractivity contribution in [3.8, 4) is 0 Å². The summed E-state index contributed by atoms with van der Waals surface area (Å²) < 4.78 is 51.3. The van der Waals surface area contributed by atoms with E-state index in [1.54, 1.807) is 20.8 Å². The molecule has 192 valence electrons. The zero-order valence-electron chi connectivity index (χ0n) is 21.0. The SMILES string of the molecule is [2H]C(NC[C@H](N)C(F)(F)F)c1ccnc(NC(=O)[C@@H](NC(=O)OC(C)(C)C)C2CCC(C)CC2)c1. The lowest BCUT2D eigenvalue weighted by Crippen LogP contribution is -2.50. The molecule has 1 heterocycles. The Labute approximate surface area is 200 Å². The van der Waals surface area contributed by atoms with Gasteiger partial charge < -0.3 is 26.4 Å². The maximum Gasteiger partial charge on any atom is 0.408 e. The van der Waals surface area contributed by atoms with Gasteiger partial charge in [-0.05, 0) is 63.1 Å². The van der Waals surface area contributed by atoms with Crippen LogP contribution in [0.4, 0.5) is 23.8 Å². The van der Waals surface area contributed by atoms with Gasteiger partial charge in [0.15, 0.2) is 0 Å². The number of nitrogens with two attached hydrogens (primary N) is 1. The lowest BCUT2D eigenvalue weighted by Gasteiger charge is -2.32. The number of hydrogen-bond acceptors (Lipinski definition) is 6. The number of nitrogens with zero attached hydrogens (tertiary/aromatic N) is 1. The predicted octanol–water partition coefficient (Wildman–Crippen LogP) is 3.72. The van der Waals surface area contributed by atoms with Crippen LogP contribution in [-0.4, -0.2) is 47.4 Å². The second-order valence-electron chi connectivity index (χ2n) is 9.81. The first kappa shape index (κ1) is 26.2. The fraction of sp³-hybridized carbons (Fsp3) is 0.696. The summed E-state index contributed by atoms with van der Waals surface area (Å²) in [4.78, 5) is 29.7. The van der Waals surface area contributed by atoms with Crippen molar-refractivity contribution in [3.63, 3.8) is 0 Å². The highest BCUT2D eigenvalue weighted by atomic mass is 19.4. The van der Waals surface area contributed by atoms with Crippen LogP contribution in [-0.2, 0) is 16.1 Å². The Morgan fingerprint density at radius 3 is 2.50 bits per heavy atom. The second-order valence-corrected chi connectivity index (χ2v) is 9.81. The molecule has 1 aliphatic rings. The zero-order valence-corrected chi connectivity index (χ0v) is 20.0. The lowest BCUT2D eigenvalue weighted by molar-refractivity contribution is -0.146. The number of carbonyl (C=O) groups excluding carboxylic acids is 2. The number of pyridine rings is 1. The number of carbonyl (C=O) groups is 2. The summed E-state index contributed by atoms with van der Waals surface area (Å²) in [6.07, 6.45) is -0.529. The summed E-state index contributed by atoms with van der Waals surface area (Å²) in [5, 5.41) is 7.78. The Morgan fingerprint density at radius 1 is 1.26 bits per heavy atom. The monoisotopic (exact) mass is 488 g/mol. The van der Waals surface area contributed by atoms with Gasteiger partial charge in [0.2, 0.25) is 5.91 Å². The van der Waals surface area contributed by atoms with E-state index in [-0.39, 0.29) is 11.7 Å². The van der Waals surface area contributed by atoms with Gasteiger partial charge in [0.1, 0.15) is 23.5 Å². The average Bonchev–Trinajstić information content (AvgIpc) is 2.74. The quantitative estimate of drug-likeness (QED) is 0.443. The molecule has 2 amide bonds. The first-order valence-electron chi connectivity index (χ1n) is 12.0. The topological polar surface area (TPSA) is 118 Å². The molecule has 0 spiro atoms. The molecule has 8 nitrogen and oxygen atoms in total. The molecule has 1 saturated carbocycles. The maximum absolute atomic E-state index is 13.2. The van der Waals surface area contributed by atoms with Gasteiger partial charge in [-0.3, -0.25) is 4.79 Å². The summed E-state index contributed by atoms with van der Waals surface area (Å²) in [7, 11) is 0. The van der Waals surface area contributed by atoms with Crippen molar-refractivity contribution in [1.82, 2.24) is 15.6 Å². The molecule has 1 unspecified atom stereocenters. The number of rotatable bonds is 8. The minimum absolute atomic E-state index is 0.0867. The number of nitrogens with one attached hydrogen (secondary N) is 3. The summed E-state index contributed by atoms with van der Waals surface area (Å²) in [5.74, 6) is 0.0959. The van der Waals surface area contributed by atoms with Gasteiger partial charge in [-0.25, -0.2) is 9.78 Å². The highest BCUT2D eigenvalue weighted by Crippen LogP contribution is 2.31. The number of aromatic nitrogens is 1. The van der Waals surface area contributed by atoms with Crippen LogP contribution in [0.15, 0.2) is 18.3 Å². The van der Waals surface area contributed by atoms with Crippen LogP contribution in [0.2, 0.25) is 0 Å². The minimum Gasteiger partial charge on any atom is -0.444 e. The molecular formula is C23H36F3N5O3. The second kappa shape index (κ2) is 11.8. The van der Waals surface area contributed by atoms with E-state index in [9.17, 15) is 22.8 Å². The van der Waals surface area contributed by atoms with Crippen molar-refractivity contribution in [3.05, 3.63) is 23.9 Å². The zero-order chi connectivity index (χ0) is 26.4. The van der Waals surface area contributed by atoms with Crippen LogP contribution in [0.5, 0.6) is 0 Å². The van der Waals surface area contributed by atoms with Gasteiger partial charge in [-0.15, -0.1) is 0 Å². The summed E-state index contributed by atoms with van der Waals surface area (Å²) in [6, 6.07) is -0.0974. The van der Waals surface area contributed by atoms with E-state index in [1.165, 1.54) is 18.3 Å². The summed E-state index contributed by atoms with van der Waals surface area (Å²) in [6.45, 7) is 5.49. The van der Waals surface area contributed by atoms with Gasteiger partial charge in [-0.2, -0.15) is 13.2 Å². The first-order chi connectivity index (χ1) is 16.2. The average molecular weight is 489 g/mol. The largest absolute Gasteiger partial charge is 0.444 e. The molecule has 11 heteroatoms. The van der Waals surface area contributed by atoms with Gasteiger partial charge >= 0.3 is 12.3 Å². The first-order valence-corrected chi connectivity index (χ1v) is 11.4. The van der Waals surface area contributed by atoms with Gasteiger partial charge in [0, 0.05) is 20.6 Å². The Hall–Kier alpha value is -2.40. The fourth-order valence-corrected chi connectivity index (χ4v) is 3.68. The normalized spacial score (nSPS) is 22.2. The van der Waals surface area contributed by atoms with Crippen molar-refractivity contribution in [2.75, 3.05) is 11.9 Å². The van der Waals surface area contributed by atoms with Crippen LogP contribution in [0.25, 0.3) is 0 Å². The molecule has 0 radical (unpaired) electrons. The lowest BCUT2D eigenvalue weighted by atomic mass is 9.79. The van der Waals surface area contributed by atoms with Gasteiger partial charge in [0.05, 0.1) is 0 Å². The number of alkyl carbamates (subject to hydrolysis) is 1. The Morgan fingerprint density at radius 2 is 1.91 bits per heavy atom. The molecule has 0 aliphatic heterocycles. The Balaban J connectivity index is 2.10. The van der Waals surface area contributed by atoms with Crippen molar-refractivity contribution in [2.24, 2.45) is 17.6 Å². The Kier molecular flexibility index (Phi) is 9.12. The van der Waals surface area contributed by atoms with Crippen molar-refractivity contribution >= 4 is 17.8 Å². The molecule has 0 aromatic carbocycles.